The summed E-state index contributed by atoms with van der Waals surface area (Å²) in [5.41, 5.74) is 6.16. The molecule has 0 fully saturated rings. The Balaban J connectivity index is 1.62. The maximum Gasteiger partial charge on any atom is 0.240 e. The van der Waals surface area contributed by atoms with Gasteiger partial charge >= 0.3 is 0 Å². The molecular weight excluding hydrogens is 484 g/mol. The molecule has 4 nitrogen and oxygen atoms in total. The second-order valence-electron chi connectivity index (χ2n) is 9.37. The normalized spacial score (nSPS) is 22.0. The summed E-state index contributed by atoms with van der Waals surface area (Å²) < 4.78 is 32.3. The van der Waals surface area contributed by atoms with Gasteiger partial charge in [0.25, 0.3) is 0 Å². The third-order valence-corrected chi connectivity index (χ3v) is 11.3. The first-order valence-electron chi connectivity index (χ1n) is 12.0. The molecule has 0 amide bonds. The molecular formula is C30H24N2O2S2. The zero-order valence-corrected chi connectivity index (χ0v) is 21.3. The number of aromatic nitrogens is 1. The zero-order valence-electron chi connectivity index (χ0n) is 19.7. The summed E-state index contributed by atoms with van der Waals surface area (Å²) in [6, 6.07) is 36.9. The van der Waals surface area contributed by atoms with Gasteiger partial charge in [-0.1, -0.05) is 96.7 Å². The van der Waals surface area contributed by atoms with Crippen LogP contribution in [-0.2, 0) is 10.0 Å². The van der Waals surface area contributed by atoms with Crippen molar-refractivity contribution in [1.82, 2.24) is 4.57 Å². The number of sulfonamides is 1. The fourth-order valence-corrected chi connectivity index (χ4v) is 9.92. The average molecular weight is 509 g/mol. The first-order valence-corrected chi connectivity index (χ1v) is 14.4. The number of para-hydroxylation sites is 3. The van der Waals surface area contributed by atoms with E-state index in [1.165, 1.54) is 4.31 Å². The van der Waals surface area contributed by atoms with Crippen LogP contribution < -0.4 is 4.31 Å². The summed E-state index contributed by atoms with van der Waals surface area (Å²) in [5.74, 6) is -0.279. The molecule has 0 radical (unpaired) electrons. The Labute approximate surface area is 215 Å². The molecule has 3 unspecified atom stereocenters. The molecule has 0 N–H and O–H groups in total. The van der Waals surface area contributed by atoms with Gasteiger partial charge in [-0.3, -0.25) is 4.31 Å². The lowest BCUT2D eigenvalue weighted by Gasteiger charge is -2.45. The number of hydrogen-bond acceptors (Lipinski definition) is 3. The van der Waals surface area contributed by atoms with Gasteiger partial charge in [0.15, 0.2) is 0 Å². The van der Waals surface area contributed by atoms with Gasteiger partial charge in [-0.05, 0) is 35.4 Å². The standard InChI is InChI=1S/C30H24N2O2S2/c1-31-24-18-10-8-16-22(24)26-27-23-17-9-11-19-25(23)32(21-14-6-3-7-15-21)30(27)35-28(29(26)36(31,33)34)20-12-4-2-5-13-20/h2-19,26,28-29H,1H3. The molecule has 6 heteroatoms. The van der Waals surface area contributed by atoms with Crippen molar-refractivity contribution in [3.63, 3.8) is 0 Å². The molecule has 2 aliphatic rings. The summed E-state index contributed by atoms with van der Waals surface area (Å²) in [7, 11) is -1.94. The molecule has 5 aromatic rings. The molecule has 3 atom stereocenters. The summed E-state index contributed by atoms with van der Waals surface area (Å²) in [5, 5.41) is 1.36. The van der Waals surface area contributed by atoms with Gasteiger partial charge in [0, 0.05) is 29.6 Å². The lowest BCUT2D eigenvalue weighted by Crippen LogP contribution is -2.48. The van der Waals surface area contributed by atoms with E-state index >= 15 is 0 Å². The van der Waals surface area contributed by atoms with Crippen LogP contribution in [0.1, 0.15) is 27.9 Å². The molecule has 7 rings (SSSR count). The predicted octanol–water partition coefficient (Wildman–Crippen LogP) is 6.76. The minimum absolute atomic E-state index is 0.253. The highest BCUT2D eigenvalue weighted by Crippen LogP contribution is 2.60. The molecule has 178 valence electrons. The van der Waals surface area contributed by atoms with Crippen LogP contribution in [0.25, 0.3) is 16.6 Å². The van der Waals surface area contributed by atoms with Gasteiger partial charge in [0.2, 0.25) is 10.0 Å². The SMILES string of the molecule is CN1c2ccccc2C2c3c(n(-c4ccccc4)c4ccccc34)SC(c3ccccc3)C2S1(=O)=O. The first kappa shape index (κ1) is 21.8. The lowest BCUT2D eigenvalue weighted by atomic mass is 9.83. The summed E-state index contributed by atoms with van der Waals surface area (Å²) in [6.07, 6.45) is 0. The number of hydrogen-bond donors (Lipinski definition) is 0. The van der Waals surface area contributed by atoms with Crippen LogP contribution in [0.15, 0.2) is 114 Å². The number of rotatable bonds is 2. The highest BCUT2D eigenvalue weighted by Gasteiger charge is 2.53. The minimum Gasteiger partial charge on any atom is -0.304 e. The van der Waals surface area contributed by atoms with Gasteiger partial charge in [-0.15, -0.1) is 0 Å². The minimum atomic E-state index is -3.64. The van der Waals surface area contributed by atoms with E-state index in [0.29, 0.717) is 0 Å². The van der Waals surface area contributed by atoms with Crippen molar-refractivity contribution in [2.75, 3.05) is 11.4 Å². The van der Waals surface area contributed by atoms with Crippen LogP contribution in [0.4, 0.5) is 5.69 Å². The van der Waals surface area contributed by atoms with Crippen molar-refractivity contribution >= 4 is 38.4 Å². The molecule has 4 aromatic carbocycles. The van der Waals surface area contributed by atoms with Crippen molar-refractivity contribution in [3.05, 3.63) is 126 Å². The van der Waals surface area contributed by atoms with E-state index in [2.05, 4.69) is 71.3 Å². The first-order chi connectivity index (χ1) is 17.6. The highest BCUT2D eigenvalue weighted by molar-refractivity contribution is 8.01. The molecule has 0 aliphatic carbocycles. The maximum atomic E-state index is 14.2. The predicted molar refractivity (Wildman–Crippen MR) is 148 cm³/mol. The molecule has 36 heavy (non-hydrogen) atoms. The Morgan fingerprint density at radius 2 is 1.39 bits per heavy atom. The molecule has 0 saturated heterocycles. The van der Waals surface area contributed by atoms with Gasteiger partial charge < -0.3 is 4.57 Å². The van der Waals surface area contributed by atoms with Crippen LogP contribution in [0.2, 0.25) is 0 Å². The van der Waals surface area contributed by atoms with E-state index in [-0.39, 0.29) is 11.2 Å². The molecule has 0 spiro atoms. The third kappa shape index (κ3) is 2.98. The van der Waals surface area contributed by atoms with E-state index in [1.54, 1.807) is 18.8 Å². The second kappa shape index (κ2) is 8.02. The van der Waals surface area contributed by atoms with Crippen LogP contribution in [0.3, 0.4) is 0 Å². The van der Waals surface area contributed by atoms with Crippen molar-refractivity contribution in [2.45, 2.75) is 21.4 Å². The van der Waals surface area contributed by atoms with E-state index in [4.69, 9.17) is 0 Å². The fourth-order valence-electron chi connectivity index (χ4n) is 5.94. The summed E-state index contributed by atoms with van der Waals surface area (Å²) in [6.45, 7) is 0. The molecule has 2 aliphatic heterocycles. The number of anilines is 1. The van der Waals surface area contributed by atoms with Crippen LogP contribution in [0, 0.1) is 0 Å². The zero-order chi connectivity index (χ0) is 24.4. The maximum absolute atomic E-state index is 14.2. The number of nitrogens with zero attached hydrogens (tertiary/aromatic N) is 2. The van der Waals surface area contributed by atoms with Gasteiger partial charge in [-0.2, -0.15) is 0 Å². The molecule has 1 aromatic heterocycles. The Morgan fingerprint density at radius 1 is 0.750 bits per heavy atom. The largest absolute Gasteiger partial charge is 0.304 e. The van der Waals surface area contributed by atoms with Crippen molar-refractivity contribution in [1.29, 1.82) is 0 Å². The monoisotopic (exact) mass is 508 g/mol. The van der Waals surface area contributed by atoms with Crippen LogP contribution >= 0.6 is 11.8 Å². The van der Waals surface area contributed by atoms with E-state index < -0.39 is 15.3 Å². The number of benzene rings is 4. The molecule has 3 heterocycles. The van der Waals surface area contributed by atoms with E-state index in [9.17, 15) is 8.42 Å². The lowest BCUT2D eigenvalue weighted by molar-refractivity contribution is 0.548. The number of thioether (sulfide) groups is 1. The summed E-state index contributed by atoms with van der Waals surface area (Å²) >= 11 is 1.68. The van der Waals surface area contributed by atoms with Crippen molar-refractivity contribution < 1.29 is 8.42 Å². The number of fused-ring (bicyclic) bond motifs is 7. The van der Waals surface area contributed by atoms with Crippen molar-refractivity contribution in [2.24, 2.45) is 0 Å². The highest BCUT2D eigenvalue weighted by atomic mass is 32.2. The van der Waals surface area contributed by atoms with E-state index in [1.807, 2.05) is 42.5 Å². The Hall–Kier alpha value is -3.48. The van der Waals surface area contributed by atoms with Crippen LogP contribution in [-0.4, -0.2) is 25.3 Å². The topological polar surface area (TPSA) is 42.3 Å². The average Bonchev–Trinajstić information content (AvgIpc) is 3.26. The van der Waals surface area contributed by atoms with Gasteiger partial charge in [-0.25, -0.2) is 8.42 Å². The Bertz CT molecular complexity index is 1710. The Kier molecular flexibility index (Phi) is 4.85. The van der Waals surface area contributed by atoms with E-state index in [0.717, 1.165) is 44.0 Å². The van der Waals surface area contributed by atoms with Crippen molar-refractivity contribution in [3.8, 4) is 5.69 Å². The van der Waals surface area contributed by atoms with Gasteiger partial charge in [0.05, 0.1) is 21.5 Å². The molecule has 0 saturated carbocycles. The third-order valence-electron chi connectivity index (χ3n) is 7.52. The molecule has 0 bridgehead atoms. The fraction of sp³-hybridized carbons (Fsp3) is 0.133. The van der Waals surface area contributed by atoms with Crippen LogP contribution in [0.5, 0.6) is 0 Å². The Morgan fingerprint density at radius 3 is 2.17 bits per heavy atom. The van der Waals surface area contributed by atoms with Gasteiger partial charge in [0.1, 0.15) is 5.25 Å². The second-order valence-corrected chi connectivity index (χ2v) is 12.6. The smallest absolute Gasteiger partial charge is 0.240 e. The quantitative estimate of drug-likeness (QED) is 0.265. The summed E-state index contributed by atoms with van der Waals surface area (Å²) in [4.78, 5) is 0.